The van der Waals surface area contributed by atoms with Crippen molar-refractivity contribution in [3.8, 4) is 11.5 Å². The molecule has 0 bridgehead atoms. The molecule has 1 saturated heterocycles. The van der Waals surface area contributed by atoms with Crippen molar-refractivity contribution in [3.05, 3.63) is 86.4 Å². The van der Waals surface area contributed by atoms with Gasteiger partial charge in [0.15, 0.2) is 11.5 Å². The zero-order chi connectivity index (χ0) is 26.4. The van der Waals surface area contributed by atoms with Crippen LogP contribution in [-0.2, 0) is 6.42 Å². The van der Waals surface area contributed by atoms with Crippen molar-refractivity contribution >= 4 is 38.9 Å². The molecule has 0 aromatic heterocycles. The van der Waals surface area contributed by atoms with E-state index in [-0.39, 0.29) is 16.5 Å². The van der Waals surface area contributed by atoms with Gasteiger partial charge in [0.2, 0.25) is 0 Å². The van der Waals surface area contributed by atoms with E-state index in [0.29, 0.717) is 61.9 Å². The third-order valence-electron chi connectivity index (χ3n) is 6.39. The van der Waals surface area contributed by atoms with E-state index in [4.69, 9.17) is 9.47 Å². The number of carbonyl (C=O) groups is 1. The molecule has 0 radical (unpaired) electrons. The number of nitrogens with one attached hydrogen (secondary N) is 1. The molecule has 0 saturated carbocycles. The van der Waals surface area contributed by atoms with Gasteiger partial charge in [0.1, 0.15) is 5.69 Å². The maximum absolute atomic E-state index is 12.9. The maximum Gasteiger partial charge on any atom is 0.292 e. The molecule has 4 rings (SSSR count). The average Bonchev–Trinajstić information content (AvgIpc) is 2.92. The number of benzene rings is 3. The summed E-state index contributed by atoms with van der Waals surface area (Å²) < 4.78 is 11.4. The number of methoxy groups -OCH3 is 2. The van der Waals surface area contributed by atoms with Crippen LogP contribution in [0.25, 0.3) is 0 Å². The number of hydrogen-bond acceptors (Lipinski definition) is 7. The largest absolute Gasteiger partial charge is 0.493 e. The van der Waals surface area contributed by atoms with E-state index in [1.165, 1.54) is 6.07 Å². The number of anilines is 2. The molecule has 1 fully saturated rings. The third-order valence-corrected chi connectivity index (χ3v) is 7.08. The SMILES string of the molecule is COc1ccc(CCNc2cc(N3CCN(C(=O)c4ccccc4Br)CC3)ccc2[N+](=O)[O-])cc1OC. The minimum absolute atomic E-state index is 0.00616. The molecule has 194 valence electrons. The van der Waals surface area contributed by atoms with Crippen molar-refractivity contribution in [2.45, 2.75) is 6.42 Å². The molecule has 0 aliphatic carbocycles. The number of amides is 1. The van der Waals surface area contributed by atoms with Gasteiger partial charge in [-0.3, -0.25) is 14.9 Å². The van der Waals surface area contributed by atoms with Gasteiger partial charge in [-0.2, -0.15) is 0 Å². The molecule has 0 spiro atoms. The van der Waals surface area contributed by atoms with Crippen LogP contribution >= 0.6 is 15.9 Å². The Kier molecular flexibility index (Phi) is 8.50. The first-order valence-electron chi connectivity index (χ1n) is 11.9. The monoisotopic (exact) mass is 568 g/mol. The van der Waals surface area contributed by atoms with E-state index in [1.807, 2.05) is 53.4 Å². The van der Waals surface area contributed by atoms with Crippen LogP contribution in [0.5, 0.6) is 11.5 Å². The fourth-order valence-electron chi connectivity index (χ4n) is 4.37. The Hall–Kier alpha value is -3.79. The minimum Gasteiger partial charge on any atom is -0.493 e. The second-order valence-corrected chi connectivity index (χ2v) is 9.44. The fraction of sp³-hybridized carbons (Fsp3) is 0.296. The van der Waals surface area contributed by atoms with E-state index in [1.54, 1.807) is 20.3 Å². The van der Waals surface area contributed by atoms with Crippen molar-refractivity contribution < 1.29 is 19.2 Å². The van der Waals surface area contributed by atoms with E-state index in [9.17, 15) is 14.9 Å². The number of ether oxygens (including phenoxy) is 2. The molecule has 10 heteroatoms. The highest BCUT2D eigenvalue weighted by Crippen LogP contribution is 2.31. The van der Waals surface area contributed by atoms with Gasteiger partial charge in [-0.25, -0.2) is 0 Å². The zero-order valence-corrected chi connectivity index (χ0v) is 22.4. The summed E-state index contributed by atoms with van der Waals surface area (Å²) >= 11 is 3.46. The molecule has 1 amide bonds. The van der Waals surface area contributed by atoms with Gasteiger partial charge >= 0.3 is 0 Å². The number of nitro groups is 1. The Morgan fingerprint density at radius 2 is 1.73 bits per heavy atom. The normalized spacial score (nSPS) is 13.3. The molecular formula is C27H29BrN4O5. The smallest absolute Gasteiger partial charge is 0.292 e. The fourth-order valence-corrected chi connectivity index (χ4v) is 4.83. The lowest BCUT2D eigenvalue weighted by Crippen LogP contribution is -2.48. The summed E-state index contributed by atoms with van der Waals surface area (Å²) in [5.74, 6) is 1.29. The lowest BCUT2D eigenvalue weighted by molar-refractivity contribution is -0.383. The summed E-state index contributed by atoms with van der Waals surface area (Å²) in [6, 6.07) is 18.2. The van der Waals surface area contributed by atoms with Crippen LogP contribution in [0.15, 0.2) is 65.1 Å². The molecule has 37 heavy (non-hydrogen) atoms. The predicted molar refractivity (Wildman–Crippen MR) is 147 cm³/mol. The summed E-state index contributed by atoms with van der Waals surface area (Å²) in [4.78, 5) is 28.2. The van der Waals surface area contributed by atoms with Gasteiger partial charge in [0, 0.05) is 49.0 Å². The van der Waals surface area contributed by atoms with Crippen LogP contribution in [0.4, 0.5) is 17.1 Å². The van der Waals surface area contributed by atoms with E-state index in [0.717, 1.165) is 15.7 Å². The van der Waals surface area contributed by atoms with Crippen molar-refractivity contribution in [2.75, 3.05) is 57.2 Å². The first kappa shape index (κ1) is 26.3. The highest BCUT2D eigenvalue weighted by Gasteiger charge is 2.25. The van der Waals surface area contributed by atoms with Crippen molar-refractivity contribution in [3.63, 3.8) is 0 Å². The van der Waals surface area contributed by atoms with Gasteiger partial charge in [-0.05, 0) is 64.3 Å². The predicted octanol–water partition coefficient (Wildman–Crippen LogP) is 4.99. The van der Waals surface area contributed by atoms with Gasteiger partial charge in [-0.15, -0.1) is 0 Å². The van der Waals surface area contributed by atoms with Gasteiger partial charge < -0.3 is 24.6 Å². The number of nitro benzene ring substituents is 1. The molecule has 0 unspecified atom stereocenters. The lowest BCUT2D eigenvalue weighted by Gasteiger charge is -2.36. The molecular weight excluding hydrogens is 540 g/mol. The third kappa shape index (κ3) is 6.14. The highest BCUT2D eigenvalue weighted by atomic mass is 79.9. The van der Waals surface area contributed by atoms with Crippen molar-refractivity contribution in [1.82, 2.24) is 4.90 Å². The molecule has 1 aliphatic heterocycles. The van der Waals surface area contributed by atoms with Crippen LogP contribution in [0, 0.1) is 10.1 Å². The summed E-state index contributed by atoms with van der Waals surface area (Å²) in [7, 11) is 3.18. The summed E-state index contributed by atoms with van der Waals surface area (Å²) in [6.45, 7) is 2.92. The van der Waals surface area contributed by atoms with E-state index < -0.39 is 0 Å². The van der Waals surface area contributed by atoms with Crippen LogP contribution in [-0.4, -0.2) is 62.7 Å². The number of halogens is 1. The number of nitrogens with zero attached hydrogens (tertiary/aromatic N) is 3. The molecule has 1 N–H and O–H groups in total. The minimum atomic E-state index is -0.378. The summed E-state index contributed by atoms with van der Waals surface area (Å²) in [5, 5.41) is 14.9. The van der Waals surface area contributed by atoms with Crippen LogP contribution in [0.1, 0.15) is 15.9 Å². The Labute approximate surface area is 224 Å². The first-order chi connectivity index (χ1) is 17.9. The van der Waals surface area contributed by atoms with Gasteiger partial charge in [-0.1, -0.05) is 18.2 Å². The van der Waals surface area contributed by atoms with Crippen molar-refractivity contribution in [2.24, 2.45) is 0 Å². The standard InChI is InChI=1S/C27H29BrN4O5/c1-36-25-10-7-19(17-26(25)37-2)11-12-29-23-18-20(8-9-24(23)32(34)35)30-13-15-31(16-14-30)27(33)21-5-3-4-6-22(21)28/h3-10,17-18,29H,11-16H2,1-2H3. The Balaban J connectivity index is 1.41. The Morgan fingerprint density at radius 3 is 2.41 bits per heavy atom. The highest BCUT2D eigenvalue weighted by molar-refractivity contribution is 9.10. The summed E-state index contributed by atoms with van der Waals surface area (Å²) in [6.07, 6.45) is 0.650. The average molecular weight is 569 g/mol. The number of carbonyl (C=O) groups excluding carboxylic acids is 1. The van der Waals surface area contributed by atoms with Gasteiger partial charge in [0.05, 0.1) is 24.7 Å². The summed E-state index contributed by atoms with van der Waals surface area (Å²) in [5.41, 5.74) is 3.04. The van der Waals surface area contributed by atoms with Crippen LogP contribution in [0.2, 0.25) is 0 Å². The number of rotatable bonds is 9. The van der Waals surface area contributed by atoms with Gasteiger partial charge in [0.25, 0.3) is 11.6 Å². The van der Waals surface area contributed by atoms with E-state index in [2.05, 4.69) is 26.1 Å². The van der Waals surface area contributed by atoms with E-state index >= 15 is 0 Å². The second kappa shape index (κ2) is 12.0. The first-order valence-corrected chi connectivity index (χ1v) is 12.7. The second-order valence-electron chi connectivity index (χ2n) is 8.58. The topological polar surface area (TPSA) is 97.2 Å². The number of hydrogen-bond donors (Lipinski definition) is 1. The lowest BCUT2D eigenvalue weighted by atomic mass is 10.1. The van der Waals surface area contributed by atoms with Crippen LogP contribution in [0.3, 0.4) is 0 Å². The Morgan fingerprint density at radius 1 is 1.00 bits per heavy atom. The van der Waals surface area contributed by atoms with Crippen molar-refractivity contribution in [1.29, 1.82) is 0 Å². The molecule has 0 atom stereocenters. The Bertz CT molecular complexity index is 1280. The van der Waals surface area contributed by atoms with Crippen LogP contribution < -0.4 is 19.7 Å². The maximum atomic E-state index is 12.9. The molecule has 1 aliphatic rings. The molecule has 3 aromatic rings. The number of piperazine rings is 1. The molecule has 3 aromatic carbocycles. The zero-order valence-electron chi connectivity index (χ0n) is 20.8. The quantitative estimate of drug-likeness (QED) is 0.287. The molecule has 9 nitrogen and oxygen atoms in total. The molecule has 1 heterocycles.